The first-order valence-corrected chi connectivity index (χ1v) is 11.2. The van der Waals surface area contributed by atoms with Crippen molar-refractivity contribution in [2.45, 2.75) is 43.3 Å². The molecule has 1 aromatic carbocycles. The van der Waals surface area contributed by atoms with Gasteiger partial charge in [-0.25, -0.2) is 4.68 Å². The Labute approximate surface area is 174 Å². The van der Waals surface area contributed by atoms with Crippen molar-refractivity contribution in [1.82, 2.24) is 30.0 Å². The summed E-state index contributed by atoms with van der Waals surface area (Å²) >= 11 is 1.40. The first-order chi connectivity index (χ1) is 14.2. The van der Waals surface area contributed by atoms with Crippen LogP contribution in [0.1, 0.15) is 37.3 Å². The number of hydrogen-bond donors (Lipinski definition) is 0. The summed E-state index contributed by atoms with van der Waals surface area (Å²) in [4.78, 5) is 28.7. The van der Waals surface area contributed by atoms with Gasteiger partial charge in [-0.15, -0.1) is 5.10 Å². The molecule has 0 N–H and O–H groups in total. The fraction of sp³-hybridized carbons (Fsp3) is 0.550. The molecule has 2 fully saturated rings. The first kappa shape index (κ1) is 19.9. The monoisotopic (exact) mass is 414 g/mol. The zero-order chi connectivity index (χ0) is 20.1. The molecule has 2 aliphatic rings. The molecule has 0 unspecified atom stereocenters. The van der Waals surface area contributed by atoms with E-state index in [0.717, 1.165) is 25.7 Å². The van der Waals surface area contributed by atoms with Crippen LogP contribution in [0.5, 0.6) is 0 Å². The van der Waals surface area contributed by atoms with E-state index in [1.165, 1.54) is 17.3 Å². The molecule has 2 aromatic rings. The number of aryl methyl sites for hydroxylation is 1. The Balaban J connectivity index is 1.16. The predicted molar refractivity (Wildman–Crippen MR) is 109 cm³/mol. The first-order valence-electron chi connectivity index (χ1n) is 10.2. The molecule has 1 aliphatic heterocycles. The molecule has 0 radical (unpaired) electrons. The summed E-state index contributed by atoms with van der Waals surface area (Å²) in [6, 6.07) is 10.6. The summed E-state index contributed by atoms with van der Waals surface area (Å²) in [6.45, 7) is 2.41. The van der Waals surface area contributed by atoms with Crippen molar-refractivity contribution in [2.75, 3.05) is 31.9 Å². The lowest BCUT2D eigenvalue weighted by Crippen LogP contribution is -2.51. The minimum Gasteiger partial charge on any atom is -0.339 e. The number of hydrogen-bond acceptors (Lipinski definition) is 6. The minimum atomic E-state index is 0.0801. The molecule has 1 saturated heterocycles. The number of thioether (sulfide) groups is 1. The maximum Gasteiger partial charge on any atom is 0.233 e. The van der Waals surface area contributed by atoms with E-state index < -0.39 is 0 Å². The molecule has 1 aliphatic carbocycles. The van der Waals surface area contributed by atoms with E-state index in [1.807, 2.05) is 32.7 Å². The fourth-order valence-corrected chi connectivity index (χ4v) is 4.35. The quantitative estimate of drug-likeness (QED) is 0.613. The van der Waals surface area contributed by atoms with Crippen LogP contribution in [-0.4, -0.2) is 73.8 Å². The van der Waals surface area contributed by atoms with E-state index in [9.17, 15) is 9.59 Å². The van der Waals surface area contributed by atoms with Crippen LogP contribution in [0.15, 0.2) is 35.5 Å². The third-order valence-electron chi connectivity index (χ3n) is 5.36. The van der Waals surface area contributed by atoms with Crippen LogP contribution in [0.3, 0.4) is 0 Å². The zero-order valence-electron chi connectivity index (χ0n) is 16.4. The van der Waals surface area contributed by atoms with E-state index in [1.54, 1.807) is 0 Å². The third-order valence-corrected chi connectivity index (χ3v) is 6.28. The molecule has 0 atom stereocenters. The Hall–Kier alpha value is -2.42. The predicted octanol–water partition coefficient (Wildman–Crippen LogP) is 1.79. The standard InChI is InChI=1S/C20H26N6O2S/c27-18(8-4-7-16-5-2-1-3-6-16)24-11-13-25(14-12-24)19(28)15-29-20-21-22-23-26(20)17-9-10-17/h1-3,5-6,17H,4,7-15H2. The van der Waals surface area contributed by atoms with Gasteiger partial charge in [0.15, 0.2) is 0 Å². The summed E-state index contributed by atoms with van der Waals surface area (Å²) in [5.74, 6) is 0.598. The molecule has 2 heterocycles. The molecule has 1 aromatic heterocycles. The molecule has 154 valence electrons. The third kappa shape index (κ3) is 5.35. The Bertz CT molecular complexity index is 831. The van der Waals surface area contributed by atoms with E-state index in [0.29, 0.717) is 49.6 Å². The van der Waals surface area contributed by atoms with Crippen LogP contribution in [0, 0.1) is 0 Å². The number of tetrazole rings is 1. The van der Waals surface area contributed by atoms with Gasteiger partial charge >= 0.3 is 0 Å². The second-order valence-electron chi connectivity index (χ2n) is 7.53. The highest BCUT2D eigenvalue weighted by atomic mass is 32.2. The molecule has 0 bridgehead atoms. The Morgan fingerprint density at radius 2 is 1.69 bits per heavy atom. The van der Waals surface area contributed by atoms with E-state index >= 15 is 0 Å². The molecule has 0 spiro atoms. The number of carbonyl (C=O) groups is 2. The number of nitrogens with zero attached hydrogens (tertiary/aromatic N) is 6. The van der Waals surface area contributed by atoms with Gasteiger partial charge in [0, 0.05) is 32.6 Å². The van der Waals surface area contributed by atoms with Crippen LogP contribution >= 0.6 is 11.8 Å². The van der Waals surface area contributed by atoms with Gasteiger partial charge < -0.3 is 9.80 Å². The normalized spacial score (nSPS) is 16.8. The average Bonchev–Trinajstić information content (AvgIpc) is 3.50. The Morgan fingerprint density at radius 1 is 1.00 bits per heavy atom. The van der Waals surface area contributed by atoms with Crippen LogP contribution in [0.4, 0.5) is 0 Å². The zero-order valence-corrected chi connectivity index (χ0v) is 17.3. The number of piperazine rings is 1. The number of amides is 2. The average molecular weight is 415 g/mol. The summed E-state index contributed by atoms with van der Waals surface area (Å²) in [7, 11) is 0. The SMILES string of the molecule is O=C(CCCc1ccccc1)N1CCN(C(=O)CSc2nnnn2C2CC2)CC1. The largest absolute Gasteiger partial charge is 0.339 e. The summed E-state index contributed by atoms with van der Waals surface area (Å²) < 4.78 is 1.82. The minimum absolute atomic E-state index is 0.0801. The Morgan fingerprint density at radius 3 is 2.38 bits per heavy atom. The van der Waals surface area contributed by atoms with Crippen molar-refractivity contribution in [3.8, 4) is 0 Å². The van der Waals surface area contributed by atoms with Gasteiger partial charge in [0.25, 0.3) is 0 Å². The van der Waals surface area contributed by atoms with Crippen molar-refractivity contribution < 1.29 is 9.59 Å². The van der Waals surface area contributed by atoms with Gasteiger partial charge in [-0.05, 0) is 41.7 Å². The van der Waals surface area contributed by atoms with E-state index in [-0.39, 0.29) is 11.8 Å². The highest BCUT2D eigenvalue weighted by Crippen LogP contribution is 2.36. The lowest BCUT2D eigenvalue weighted by molar-refractivity contribution is -0.138. The van der Waals surface area contributed by atoms with Gasteiger partial charge in [0.05, 0.1) is 11.8 Å². The molecule has 4 rings (SSSR count). The Kier molecular flexibility index (Phi) is 6.43. The second kappa shape index (κ2) is 9.39. The number of rotatable bonds is 8. The highest BCUT2D eigenvalue weighted by Gasteiger charge is 2.29. The van der Waals surface area contributed by atoms with Crippen molar-refractivity contribution in [1.29, 1.82) is 0 Å². The van der Waals surface area contributed by atoms with Crippen LogP contribution in [-0.2, 0) is 16.0 Å². The summed E-state index contributed by atoms with van der Waals surface area (Å²) in [5, 5.41) is 12.5. The highest BCUT2D eigenvalue weighted by molar-refractivity contribution is 7.99. The van der Waals surface area contributed by atoms with Gasteiger partial charge in [-0.1, -0.05) is 42.1 Å². The van der Waals surface area contributed by atoms with Gasteiger partial charge in [0.1, 0.15) is 0 Å². The summed E-state index contributed by atoms with van der Waals surface area (Å²) in [5.41, 5.74) is 1.26. The van der Waals surface area contributed by atoms with Crippen LogP contribution in [0.25, 0.3) is 0 Å². The fourth-order valence-electron chi connectivity index (χ4n) is 3.50. The van der Waals surface area contributed by atoms with Crippen molar-refractivity contribution in [3.05, 3.63) is 35.9 Å². The number of carbonyl (C=O) groups excluding carboxylic acids is 2. The van der Waals surface area contributed by atoms with Gasteiger partial charge in [0.2, 0.25) is 17.0 Å². The van der Waals surface area contributed by atoms with Crippen molar-refractivity contribution >= 4 is 23.6 Å². The summed E-state index contributed by atoms with van der Waals surface area (Å²) in [6.07, 6.45) is 4.54. The maximum atomic E-state index is 12.5. The van der Waals surface area contributed by atoms with E-state index in [2.05, 4.69) is 27.7 Å². The van der Waals surface area contributed by atoms with Gasteiger partial charge in [-0.3, -0.25) is 9.59 Å². The lowest BCUT2D eigenvalue weighted by Gasteiger charge is -2.34. The molecular formula is C20H26N6O2S. The maximum absolute atomic E-state index is 12.5. The van der Waals surface area contributed by atoms with Crippen molar-refractivity contribution in [3.63, 3.8) is 0 Å². The molecular weight excluding hydrogens is 388 g/mol. The molecule has 29 heavy (non-hydrogen) atoms. The topological polar surface area (TPSA) is 84.2 Å². The molecule has 2 amide bonds. The lowest BCUT2D eigenvalue weighted by atomic mass is 10.1. The smallest absolute Gasteiger partial charge is 0.233 e. The van der Waals surface area contributed by atoms with Crippen molar-refractivity contribution in [2.24, 2.45) is 0 Å². The molecule has 9 heteroatoms. The molecule has 8 nitrogen and oxygen atoms in total. The van der Waals surface area contributed by atoms with Crippen LogP contribution in [0.2, 0.25) is 0 Å². The number of benzene rings is 1. The van der Waals surface area contributed by atoms with E-state index in [4.69, 9.17) is 0 Å². The van der Waals surface area contributed by atoms with Crippen LogP contribution < -0.4 is 0 Å². The second-order valence-corrected chi connectivity index (χ2v) is 8.47. The molecule has 1 saturated carbocycles. The van der Waals surface area contributed by atoms with Gasteiger partial charge in [-0.2, -0.15) is 0 Å². The number of aromatic nitrogens is 4.